The molecule has 2 aromatic rings. The van der Waals surface area contributed by atoms with Gasteiger partial charge in [0.2, 0.25) is 11.8 Å². The molecule has 1 unspecified atom stereocenters. The number of nitrogens with one attached hydrogen (secondary N) is 1. The minimum atomic E-state index is -0.620. The first kappa shape index (κ1) is 20.8. The fourth-order valence-corrected chi connectivity index (χ4v) is 4.07. The Bertz CT molecular complexity index is 990. The van der Waals surface area contributed by atoms with Crippen molar-refractivity contribution in [2.75, 3.05) is 11.9 Å². The lowest BCUT2D eigenvalue weighted by atomic mass is 10.1. The van der Waals surface area contributed by atoms with Crippen LogP contribution in [0.2, 0.25) is 0 Å². The summed E-state index contributed by atoms with van der Waals surface area (Å²) < 4.78 is 13.8. The largest absolute Gasteiger partial charge is 0.324 e. The number of anilines is 1. The molecule has 2 amide bonds. The first-order chi connectivity index (χ1) is 13.9. The molecule has 1 fully saturated rings. The first-order valence-electron chi connectivity index (χ1n) is 9.19. The maximum absolute atomic E-state index is 13.8. The molecule has 7 heteroatoms. The summed E-state index contributed by atoms with van der Waals surface area (Å²) in [5.74, 6) is -1.15. The van der Waals surface area contributed by atoms with Crippen molar-refractivity contribution in [1.29, 1.82) is 0 Å². The third-order valence-electron chi connectivity index (χ3n) is 4.64. The minimum absolute atomic E-state index is 0.0721. The Morgan fingerprint density at radius 1 is 1.28 bits per heavy atom. The predicted molar refractivity (Wildman–Crippen MR) is 116 cm³/mol. The van der Waals surface area contributed by atoms with Crippen LogP contribution in [0, 0.1) is 19.7 Å². The van der Waals surface area contributed by atoms with Gasteiger partial charge >= 0.3 is 0 Å². The standard InChI is InChI=1S/C22H22FN3O2S/c1-4-12-26-21(28)19(13-20(27)24-18-10-6-5-9-16(18)23)29-22(26)25-17-11-7-8-14(2)15(17)3/h4-11,19H,1,12-13H2,2-3H3,(H,24,27). The fourth-order valence-electron chi connectivity index (χ4n) is 2.91. The van der Waals surface area contributed by atoms with Gasteiger partial charge in [0.05, 0.1) is 11.4 Å². The second-order valence-corrected chi connectivity index (χ2v) is 7.86. The van der Waals surface area contributed by atoms with Crippen LogP contribution in [0.15, 0.2) is 60.1 Å². The van der Waals surface area contributed by atoms with Gasteiger partial charge in [0.15, 0.2) is 5.17 Å². The Balaban J connectivity index is 1.79. The van der Waals surface area contributed by atoms with Gasteiger partial charge in [-0.15, -0.1) is 6.58 Å². The molecule has 5 nitrogen and oxygen atoms in total. The van der Waals surface area contributed by atoms with E-state index in [2.05, 4.69) is 16.9 Å². The molecule has 1 N–H and O–H groups in total. The number of carbonyl (C=O) groups excluding carboxylic acids is 2. The zero-order valence-electron chi connectivity index (χ0n) is 16.3. The smallest absolute Gasteiger partial charge is 0.242 e. The quantitative estimate of drug-likeness (QED) is 0.708. The lowest BCUT2D eigenvalue weighted by molar-refractivity contribution is -0.127. The normalized spacial score (nSPS) is 17.6. The van der Waals surface area contributed by atoms with Crippen LogP contribution in [0.5, 0.6) is 0 Å². The number of amides is 2. The molecule has 0 saturated carbocycles. The summed E-state index contributed by atoms with van der Waals surface area (Å²) in [4.78, 5) is 31.4. The Labute approximate surface area is 173 Å². The van der Waals surface area contributed by atoms with Gasteiger partial charge in [0, 0.05) is 13.0 Å². The van der Waals surface area contributed by atoms with Crippen molar-refractivity contribution in [2.45, 2.75) is 25.5 Å². The number of halogens is 1. The van der Waals surface area contributed by atoms with Gasteiger partial charge in [-0.25, -0.2) is 9.38 Å². The predicted octanol–water partition coefficient (Wildman–Crippen LogP) is 4.59. The number of hydrogen-bond donors (Lipinski definition) is 1. The van der Waals surface area contributed by atoms with Crippen molar-refractivity contribution >= 4 is 40.1 Å². The molecule has 29 heavy (non-hydrogen) atoms. The first-order valence-corrected chi connectivity index (χ1v) is 10.1. The monoisotopic (exact) mass is 411 g/mol. The van der Waals surface area contributed by atoms with E-state index >= 15 is 0 Å². The highest BCUT2D eigenvalue weighted by Crippen LogP contribution is 2.33. The van der Waals surface area contributed by atoms with Crippen molar-refractivity contribution in [1.82, 2.24) is 4.90 Å². The topological polar surface area (TPSA) is 61.8 Å². The van der Waals surface area contributed by atoms with Crippen molar-refractivity contribution < 1.29 is 14.0 Å². The minimum Gasteiger partial charge on any atom is -0.324 e. The molecule has 3 rings (SSSR count). The summed E-state index contributed by atoms with van der Waals surface area (Å²) in [6.07, 6.45) is 1.55. The summed E-state index contributed by atoms with van der Waals surface area (Å²) in [5, 5.41) is 2.44. The van der Waals surface area contributed by atoms with Crippen LogP contribution in [0.4, 0.5) is 15.8 Å². The average Bonchev–Trinajstić information content (AvgIpc) is 2.96. The second-order valence-electron chi connectivity index (χ2n) is 6.69. The number of amidine groups is 1. The molecule has 1 heterocycles. The van der Waals surface area contributed by atoms with Crippen LogP contribution in [-0.4, -0.2) is 33.7 Å². The third-order valence-corrected chi connectivity index (χ3v) is 5.82. The molecule has 0 spiro atoms. The summed E-state index contributed by atoms with van der Waals surface area (Å²) in [6.45, 7) is 7.99. The van der Waals surface area contributed by atoms with E-state index in [0.717, 1.165) is 16.8 Å². The molecule has 0 aromatic heterocycles. The van der Waals surface area contributed by atoms with Crippen LogP contribution >= 0.6 is 11.8 Å². The molecular formula is C22H22FN3O2S. The number of hydrogen-bond acceptors (Lipinski definition) is 4. The van der Waals surface area contributed by atoms with Crippen molar-refractivity contribution in [2.24, 2.45) is 4.99 Å². The summed E-state index contributed by atoms with van der Waals surface area (Å²) >= 11 is 1.24. The number of aryl methyl sites for hydroxylation is 1. The zero-order chi connectivity index (χ0) is 21.0. The maximum atomic E-state index is 13.8. The van der Waals surface area contributed by atoms with Crippen LogP contribution in [-0.2, 0) is 9.59 Å². The summed E-state index contributed by atoms with van der Waals surface area (Å²) in [6, 6.07) is 11.7. The number of nitrogens with zero attached hydrogens (tertiary/aromatic N) is 2. The molecular weight excluding hydrogens is 389 g/mol. The Hall–Kier alpha value is -2.93. The number of thioether (sulfide) groups is 1. The molecule has 150 valence electrons. The number of rotatable bonds is 6. The van der Waals surface area contributed by atoms with Gasteiger partial charge in [0.1, 0.15) is 11.1 Å². The van der Waals surface area contributed by atoms with E-state index in [-0.39, 0.29) is 18.0 Å². The Morgan fingerprint density at radius 3 is 2.76 bits per heavy atom. The molecule has 0 aliphatic carbocycles. The van der Waals surface area contributed by atoms with Gasteiger partial charge in [0.25, 0.3) is 0 Å². The number of benzene rings is 2. The molecule has 1 atom stereocenters. The molecule has 1 aliphatic heterocycles. The SMILES string of the molecule is C=CCN1C(=O)C(CC(=O)Nc2ccccc2F)SC1=Nc1cccc(C)c1C. The fraction of sp³-hybridized carbons (Fsp3) is 0.227. The molecule has 1 aliphatic rings. The van der Waals surface area contributed by atoms with Crippen molar-refractivity contribution in [3.63, 3.8) is 0 Å². The van der Waals surface area contributed by atoms with E-state index in [1.54, 1.807) is 18.2 Å². The molecule has 2 aromatic carbocycles. The summed E-state index contributed by atoms with van der Waals surface area (Å²) in [7, 11) is 0. The van der Waals surface area contributed by atoms with E-state index in [1.165, 1.54) is 28.8 Å². The van der Waals surface area contributed by atoms with E-state index in [1.807, 2.05) is 32.0 Å². The molecule has 1 saturated heterocycles. The van der Waals surface area contributed by atoms with Gasteiger partial charge in [-0.3, -0.25) is 14.5 Å². The lowest BCUT2D eigenvalue weighted by Gasteiger charge is -2.14. The number of carbonyl (C=O) groups is 2. The highest BCUT2D eigenvalue weighted by molar-refractivity contribution is 8.15. The average molecular weight is 412 g/mol. The highest BCUT2D eigenvalue weighted by Gasteiger charge is 2.38. The van der Waals surface area contributed by atoms with Crippen LogP contribution in [0.25, 0.3) is 0 Å². The lowest BCUT2D eigenvalue weighted by Crippen LogP contribution is -2.33. The zero-order valence-corrected chi connectivity index (χ0v) is 17.1. The van der Waals surface area contributed by atoms with Gasteiger partial charge in [-0.05, 0) is 43.2 Å². The van der Waals surface area contributed by atoms with Crippen molar-refractivity contribution in [3.8, 4) is 0 Å². The van der Waals surface area contributed by atoms with Crippen LogP contribution in [0.3, 0.4) is 0 Å². The van der Waals surface area contributed by atoms with Crippen molar-refractivity contribution in [3.05, 3.63) is 72.1 Å². The van der Waals surface area contributed by atoms with E-state index in [9.17, 15) is 14.0 Å². The van der Waals surface area contributed by atoms with E-state index < -0.39 is 17.0 Å². The van der Waals surface area contributed by atoms with Crippen LogP contribution in [0.1, 0.15) is 17.5 Å². The van der Waals surface area contributed by atoms with Gasteiger partial charge in [-0.1, -0.05) is 42.1 Å². The van der Waals surface area contributed by atoms with E-state index in [0.29, 0.717) is 11.7 Å². The Morgan fingerprint density at radius 2 is 2.03 bits per heavy atom. The highest BCUT2D eigenvalue weighted by atomic mass is 32.2. The van der Waals surface area contributed by atoms with Gasteiger partial charge in [-0.2, -0.15) is 0 Å². The third kappa shape index (κ3) is 4.74. The summed E-state index contributed by atoms with van der Waals surface area (Å²) in [5.41, 5.74) is 3.02. The maximum Gasteiger partial charge on any atom is 0.242 e. The molecule has 0 bridgehead atoms. The Kier molecular flexibility index (Phi) is 6.49. The van der Waals surface area contributed by atoms with E-state index in [4.69, 9.17) is 0 Å². The van der Waals surface area contributed by atoms with Gasteiger partial charge < -0.3 is 5.32 Å². The number of aliphatic imine (C=N–C) groups is 1. The number of para-hydroxylation sites is 1. The van der Waals surface area contributed by atoms with Crippen LogP contribution < -0.4 is 5.32 Å². The second kappa shape index (κ2) is 9.05. The molecule has 0 radical (unpaired) electrons.